The Morgan fingerprint density at radius 1 is 0.938 bits per heavy atom. The van der Waals surface area contributed by atoms with Gasteiger partial charge >= 0.3 is 12.1 Å². The molecule has 2 atom stereocenters. The Labute approximate surface area is 186 Å². The number of fused-ring (bicyclic) bond motifs is 1. The zero-order chi connectivity index (χ0) is 23.0. The first kappa shape index (κ1) is 23.5. The van der Waals surface area contributed by atoms with E-state index in [4.69, 9.17) is 9.84 Å². The third-order valence-electron chi connectivity index (χ3n) is 5.15. The number of carbonyl (C=O) groups is 2. The monoisotopic (exact) mass is 455 g/mol. The highest BCUT2D eigenvalue weighted by Crippen LogP contribution is 2.47. The fourth-order valence-electron chi connectivity index (χ4n) is 3.38. The Hall–Kier alpha value is -3.15. The average Bonchev–Trinajstić information content (AvgIpc) is 2.79. The van der Waals surface area contributed by atoms with Crippen molar-refractivity contribution >= 4 is 30.2 Å². The number of aliphatic carboxylic acids is 1. The highest BCUT2D eigenvalue weighted by atomic mass is 31.2. The Morgan fingerprint density at radius 2 is 1.62 bits per heavy atom. The minimum Gasteiger partial charge on any atom is -0.481 e. The molecular weight excluding hydrogens is 429 g/mol. The zero-order valence-electron chi connectivity index (χ0n) is 17.5. The standard InChI is InChI=1S/C24H26NO6P/c26-23(27)13-12-22(25-24(28)31-17-19-6-2-1-3-7-19)32(29,30)15-14-18-10-11-20-8-4-5-9-21(20)16-18/h1-11,16,22H,12-15,17H2,(H,25,28)(H,26,27)(H,29,30). The van der Waals surface area contributed by atoms with Gasteiger partial charge in [-0.3, -0.25) is 9.36 Å². The first-order valence-electron chi connectivity index (χ1n) is 10.3. The SMILES string of the molecule is O=C(O)CCC(NC(=O)OCc1ccccc1)P(=O)(O)CCc1ccc2ccccc2c1. The fourth-order valence-corrected chi connectivity index (χ4v) is 5.11. The minimum atomic E-state index is -3.91. The number of nitrogens with one attached hydrogen (secondary N) is 1. The Balaban J connectivity index is 1.64. The fraction of sp³-hybridized carbons (Fsp3) is 0.250. The van der Waals surface area contributed by atoms with Crippen molar-refractivity contribution in [3.05, 3.63) is 83.9 Å². The van der Waals surface area contributed by atoms with Gasteiger partial charge in [0.15, 0.2) is 0 Å². The molecular formula is C24H26NO6P. The van der Waals surface area contributed by atoms with Gasteiger partial charge in [0.2, 0.25) is 7.37 Å². The molecule has 0 saturated heterocycles. The van der Waals surface area contributed by atoms with Crippen LogP contribution in [0.5, 0.6) is 0 Å². The van der Waals surface area contributed by atoms with Gasteiger partial charge in [-0.05, 0) is 34.7 Å². The first-order chi connectivity index (χ1) is 15.3. The first-order valence-corrected chi connectivity index (χ1v) is 12.2. The summed E-state index contributed by atoms with van der Waals surface area (Å²) in [6.45, 7) is 0.00510. The quantitative estimate of drug-likeness (QED) is 0.380. The van der Waals surface area contributed by atoms with E-state index in [1.807, 2.05) is 48.5 Å². The lowest BCUT2D eigenvalue weighted by molar-refractivity contribution is -0.137. The molecule has 3 rings (SSSR count). The summed E-state index contributed by atoms with van der Waals surface area (Å²) in [5, 5.41) is 13.5. The summed E-state index contributed by atoms with van der Waals surface area (Å²) in [7, 11) is -3.91. The normalized spacial score (nSPS) is 13.8. The number of carboxylic acid groups (broad SMARTS) is 1. The molecule has 0 fully saturated rings. The number of aryl methyl sites for hydroxylation is 1. The van der Waals surface area contributed by atoms with Gasteiger partial charge in [0, 0.05) is 12.6 Å². The summed E-state index contributed by atoms with van der Waals surface area (Å²) in [6, 6.07) is 22.7. The zero-order valence-corrected chi connectivity index (χ0v) is 18.4. The van der Waals surface area contributed by atoms with Crippen molar-refractivity contribution in [1.82, 2.24) is 5.32 Å². The van der Waals surface area contributed by atoms with Crippen LogP contribution in [-0.2, 0) is 27.1 Å². The van der Waals surface area contributed by atoms with Crippen molar-refractivity contribution in [2.24, 2.45) is 0 Å². The summed E-state index contributed by atoms with van der Waals surface area (Å²) in [5.74, 6) is -2.31. The summed E-state index contributed by atoms with van der Waals surface area (Å²) in [5.41, 5.74) is 1.66. The Kier molecular flexibility index (Phi) is 8.03. The molecule has 3 aromatic carbocycles. The number of carboxylic acids is 1. The number of hydrogen-bond donors (Lipinski definition) is 3. The second kappa shape index (κ2) is 10.9. The van der Waals surface area contributed by atoms with Crippen molar-refractivity contribution in [3.63, 3.8) is 0 Å². The molecule has 0 aliphatic rings. The molecule has 8 heteroatoms. The van der Waals surface area contributed by atoms with E-state index < -0.39 is 25.2 Å². The molecule has 0 aliphatic carbocycles. The van der Waals surface area contributed by atoms with E-state index in [-0.39, 0.29) is 25.6 Å². The van der Waals surface area contributed by atoms with Crippen molar-refractivity contribution in [2.75, 3.05) is 6.16 Å². The number of amides is 1. The van der Waals surface area contributed by atoms with E-state index in [2.05, 4.69) is 5.32 Å². The number of ether oxygens (including phenoxy) is 1. The van der Waals surface area contributed by atoms with Gasteiger partial charge in [-0.1, -0.05) is 72.8 Å². The highest BCUT2D eigenvalue weighted by molar-refractivity contribution is 7.58. The lowest BCUT2D eigenvalue weighted by Crippen LogP contribution is -2.36. The summed E-state index contributed by atoms with van der Waals surface area (Å²) < 4.78 is 18.2. The predicted octanol–water partition coefficient (Wildman–Crippen LogP) is 4.77. The van der Waals surface area contributed by atoms with Crippen LogP contribution in [0.15, 0.2) is 72.8 Å². The molecule has 0 radical (unpaired) electrons. The van der Waals surface area contributed by atoms with Crippen LogP contribution in [0.1, 0.15) is 24.0 Å². The molecule has 0 aliphatic heterocycles. The number of rotatable bonds is 10. The smallest absolute Gasteiger partial charge is 0.408 e. The maximum atomic E-state index is 13.1. The maximum Gasteiger partial charge on any atom is 0.408 e. The van der Waals surface area contributed by atoms with Crippen LogP contribution in [-0.4, -0.2) is 34.0 Å². The van der Waals surface area contributed by atoms with Gasteiger partial charge in [0.05, 0.1) is 0 Å². The molecule has 0 bridgehead atoms. The number of alkyl carbamates (subject to hydrolysis) is 1. The second-order valence-corrected chi connectivity index (χ2v) is 10.1. The molecule has 1 amide bonds. The van der Waals surface area contributed by atoms with Crippen molar-refractivity contribution in [3.8, 4) is 0 Å². The van der Waals surface area contributed by atoms with Crippen LogP contribution in [0.2, 0.25) is 0 Å². The van der Waals surface area contributed by atoms with Crippen molar-refractivity contribution < 1.29 is 28.9 Å². The highest BCUT2D eigenvalue weighted by Gasteiger charge is 2.32. The van der Waals surface area contributed by atoms with Crippen molar-refractivity contribution in [1.29, 1.82) is 0 Å². The maximum absolute atomic E-state index is 13.1. The van der Waals surface area contributed by atoms with Gasteiger partial charge in [-0.2, -0.15) is 0 Å². The molecule has 7 nitrogen and oxygen atoms in total. The molecule has 32 heavy (non-hydrogen) atoms. The van der Waals surface area contributed by atoms with Crippen LogP contribution in [0.3, 0.4) is 0 Å². The van der Waals surface area contributed by atoms with Crippen LogP contribution >= 0.6 is 7.37 Å². The predicted molar refractivity (Wildman–Crippen MR) is 123 cm³/mol. The molecule has 3 N–H and O–H groups in total. The molecule has 2 unspecified atom stereocenters. The lowest BCUT2D eigenvalue weighted by Gasteiger charge is -2.23. The molecule has 3 aromatic rings. The minimum absolute atomic E-state index is 0.00510. The van der Waals surface area contributed by atoms with Gasteiger partial charge in [-0.15, -0.1) is 0 Å². The van der Waals surface area contributed by atoms with Crippen LogP contribution < -0.4 is 5.32 Å². The summed E-state index contributed by atoms with van der Waals surface area (Å²) in [4.78, 5) is 33.9. The molecule has 168 valence electrons. The van der Waals surface area contributed by atoms with E-state index in [9.17, 15) is 19.0 Å². The largest absolute Gasteiger partial charge is 0.481 e. The van der Waals surface area contributed by atoms with Crippen molar-refractivity contribution in [2.45, 2.75) is 31.7 Å². The van der Waals surface area contributed by atoms with Crippen LogP contribution in [0, 0.1) is 0 Å². The number of carbonyl (C=O) groups excluding carboxylic acids is 1. The van der Waals surface area contributed by atoms with E-state index in [0.29, 0.717) is 6.42 Å². The third-order valence-corrected chi connectivity index (χ3v) is 7.38. The average molecular weight is 455 g/mol. The molecule has 0 heterocycles. The van der Waals surface area contributed by atoms with Crippen LogP contribution in [0.25, 0.3) is 10.8 Å². The van der Waals surface area contributed by atoms with E-state index in [1.165, 1.54) is 0 Å². The van der Waals surface area contributed by atoms with Gasteiger partial charge < -0.3 is 20.1 Å². The summed E-state index contributed by atoms with van der Waals surface area (Å²) >= 11 is 0. The van der Waals surface area contributed by atoms with Gasteiger partial charge in [-0.25, -0.2) is 4.79 Å². The molecule has 0 spiro atoms. The third kappa shape index (κ3) is 6.94. The van der Waals surface area contributed by atoms with E-state index in [0.717, 1.165) is 21.9 Å². The molecule has 0 saturated carbocycles. The number of hydrogen-bond acceptors (Lipinski definition) is 4. The Bertz CT molecular complexity index is 1120. The second-order valence-electron chi connectivity index (χ2n) is 7.57. The molecule has 0 aromatic heterocycles. The van der Waals surface area contributed by atoms with E-state index >= 15 is 0 Å². The summed E-state index contributed by atoms with van der Waals surface area (Å²) in [6.07, 6.45) is -1.13. The van der Waals surface area contributed by atoms with Gasteiger partial charge in [0.1, 0.15) is 12.4 Å². The van der Waals surface area contributed by atoms with Crippen LogP contribution in [0.4, 0.5) is 4.79 Å². The lowest BCUT2D eigenvalue weighted by atomic mass is 10.1. The number of benzene rings is 3. The Morgan fingerprint density at radius 3 is 2.34 bits per heavy atom. The van der Waals surface area contributed by atoms with Gasteiger partial charge in [0.25, 0.3) is 0 Å². The van der Waals surface area contributed by atoms with E-state index in [1.54, 1.807) is 24.3 Å². The topological polar surface area (TPSA) is 113 Å².